The molecule has 0 bridgehead atoms. The number of nitrogens with zero attached hydrogens (tertiary/aromatic N) is 3. The third kappa shape index (κ3) is 7.94. The molecule has 0 unspecified atom stereocenters. The minimum atomic E-state index is 0.616. The van der Waals surface area contributed by atoms with Crippen molar-refractivity contribution in [1.29, 1.82) is 0 Å². The first-order valence-corrected chi connectivity index (χ1v) is 8.52. The van der Waals surface area contributed by atoms with Gasteiger partial charge in [0.25, 0.3) is 0 Å². The topological polar surface area (TPSA) is 74.8 Å². The van der Waals surface area contributed by atoms with E-state index in [-0.39, 0.29) is 0 Å². The molecule has 0 aliphatic rings. The molecule has 0 amide bonds. The van der Waals surface area contributed by atoms with Crippen LogP contribution in [0.4, 0.5) is 17.8 Å². The second-order valence-corrected chi connectivity index (χ2v) is 5.32. The van der Waals surface area contributed by atoms with Crippen molar-refractivity contribution in [2.75, 3.05) is 41.3 Å². The molecule has 0 fully saturated rings. The van der Waals surface area contributed by atoms with Gasteiger partial charge in [-0.2, -0.15) is 27.6 Å². The minimum absolute atomic E-state index is 0.616. The van der Waals surface area contributed by atoms with Crippen molar-refractivity contribution in [1.82, 2.24) is 15.0 Å². The van der Waals surface area contributed by atoms with Crippen molar-refractivity contribution in [2.24, 2.45) is 0 Å². The zero-order valence-electron chi connectivity index (χ0n) is 13.2. The van der Waals surface area contributed by atoms with Crippen LogP contribution >= 0.6 is 12.6 Å². The molecule has 0 aliphatic carbocycles. The Morgan fingerprint density at radius 2 is 1.10 bits per heavy atom. The molecule has 1 aromatic heterocycles. The van der Waals surface area contributed by atoms with Gasteiger partial charge in [-0.3, -0.25) is 0 Å². The number of nitrogens with one attached hydrogen (secondary N) is 3. The lowest BCUT2D eigenvalue weighted by Crippen LogP contribution is -2.14. The Bertz CT molecular complexity index is 318. The molecule has 120 valence electrons. The highest BCUT2D eigenvalue weighted by molar-refractivity contribution is 7.80. The summed E-state index contributed by atoms with van der Waals surface area (Å²) >= 11 is 4.20. The molecule has 1 aromatic rings. The summed E-state index contributed by atoms with van der Waals surface area (Å²) in [5.41, 5.74) is 0. The molecule has 1 rings (SSSR count). The largest absolute Gasteiger partial charge is 0.354 e. The molecular weight excluding hydrogens is 284 g/mol. The molecule has 21 heavy (non-hydrogen) atoms. The first kappa shape index (κ1) is 17.8. The average molecular weight is 312 g/mol. The van der Waals surface area contributed by atoms with Gasteiger partial charge in [0.05, 0.1) is 0 Å². The highest BCUT2D eigenvalue weighted by atomic mass is 32.1. The quantitative estimate of drug-likeness (QED) is 0.351. The molecule has 0 saturated carbocycles. The number of thiol groups is 1. The summed E-state index contributed by atoms with van der Waals surface area (Å²) in [5.74, 6) is 2.72. The Labute approximate surface area is 133 Å². The Morgan fingerprint density at radius 3 is 1.43 bits per heavy atom. The van der Waals surface area contributed by atoms with Crippen LogP contribution in [0.3, 0.4) is 0 Å². The fourth-order valence-electron chi connectivity index (χ4n) is 1.65. The van der Waals surface area contributed by atoms with Crippen LogP contribution in [-0.4, -0.2) is 40.3 Å². The molecular formula is C14H28N6S. The summed E-state index contributed by atoms with van der Waals surface area (Å²) in [5, 5.41) is 9.72. The van der Waals surface area contributed by atoms with Crippen LogP contribution in [0.25, 0.3) is 0 Å². The zero-order chi connectivity index (χ0) is 15.3. The van der Waals surface area contributed by atoms with Gasteiger partial charge in [-0.1, -0.05) is 26.7 Å². The van der Waals surface area contributed by atoms with E-state index in [2.05, 4.69) is 57.4 Å². The first-order valence-electron chi connectivity index (χ1n) is 7.88. The van der Waals surface area contributed by atoms with Gasteiger partial charge in [-0.15, -0.1) is 0 Å². The van der Waals surface area contributed by atoms with Crippen LogP contribution in [0.1, 0.15) is 46.0 Å². The number of aromatic nitrogens is 3. The lowest BCUT2D eigenvalue weighted by Gasteiger charge is -2.10. The number of anilines is 3. The van der Waals surface area contributed by atoms with Crippen molar-refractivity contribution in [2.45, 2.75) is 46.0 Å². The zero-order valence-corrected chi connectivity index (χ0v) is 14.0. The molecule has 7 heteroatoms. The minimum Gasteiger partial charge on any atom is -0.354 e. The Hall–Kier alpha value is -1.24. The van der Waals surface area contributed by atoms with E-state index in [1.165, 1.54) is 0 Å². The van der Waals surface area contributed by atoms with E-state index >= 15 is 0 Å². The third-order valence-corrected chi connectivity index (χ3v) is 3.20. The predicted molar refractivity (Wildman–Crippen MR) is 93.6 cm³/mol. The summed E-state index contributed by atoms with van der Waals surface area (Å²) in [6.45, 7) is 6.90. The van der Waals surface area contributed by atoms with E-state index in [9.17, 15) is 0 Å². The monoisotopic (exact) mass is 312 g/mol. The highest BCUT2D eigenvalue weighted by Crippen LogP contribution is 2.10. The van der Waals surface area contributed by atoms with Gasteiger partial charge in [0.1, 0.15) is 0 Å². The number of hydrogen-bond donors (Lipinski definition) is 4. The van der Waals surface area contributed by atoms with Crippen LogP contribution in [0.15, 0.2) is 0 Å². The number of rotatable bonds is 12. The van der Waals surface area contributed by atoms with E-state index in [0.29, 0.717) is 17.8 Å². The highest BCUT2D eigenvalue weighted by Gasteiger charge is 2.05. The third-order valence-electron chi connectivity index (χ3n) is 2.88. The van der Waals surface area contributed by atoms with Crippen LogP contribution in [0, 0.1) is 0 Å². The van der Waals surface area contributed by atoms with Gasteiger partial charge >= 0.3 is 0 Å². The average Bonchev–Trinajstić information content (AvgIpc) is 2.48. The van der Waals surface area contributed by atoms with Crippen LogP contribution < -0.4 is 16.0 Å². The van der Waals surface area contributed by atoms with Crippen molar-refractivity contribution >= 4 is 30.5 Å². The maximum atomic E-state index is 4.41. The van der Waals surface area contributed by atoms with Gasteiger partial charge < -0.3 is 16.0 Å². The van der Waals surface area contributed by atoms with E-state index in [4.69, 9.17) is 0 Å². The van der Waals surface area contributed by atoms with Crippen molar-refractivity contribution in [3.63, 3.8) is 0 Å². The smallest absolute Gasteiger partial charge is 0.229 e. The van der Waals surface area contributed by atoms with E-state index in [1.54, 1.807) is 0 Å². The van der Waals surface area contributed by atoms with E-state index < -0.39 is 0 Å². The molecule has 0 spiro atoms. The Kier molecular flexibility index (Phi) is 9.69. The van der Waals surface area contributed by atoms with Gasteiger partial charge in [0.15, 0.2) is 0 Å². The van der Waals surface area contributed by atoms with E-state index in [0.717, 1.165) is 57.5 Å². The molecule has 1 heterocycles. The normalized spacial score (nSPS) is 10.4. The van der Waals surface area contributed by atoms with Gasteiger partial charge in [-0.05, 0) is 25.0 Å². The summed E-state index contributed by atoms with van der Waals surface area (Å²) in [7, 11) is 0. The summed E-state index contributed by atoms with van der Waals surface area (Å²) in [6.07, 6.45) is 5.48. The number of unbranched alkanes of at least 4 members (excludes halogenated alkanes) is 2. The second-order valence-electron chi connectivity index (χ2n) is 4.87. The van der Waals surface area contributed by atoms with Crippen LogP contribution in [-0.2, 0) is 0 Å². The molecule has 6 nitrogen and oxygen atoms in total. The maximum absolute atomic E-state index is 4.41. The predicted octanol–water partition coefficient (Wildman–Crippen LogP) is 3.03. The Morgan fingerprint density at radius 1 is 0.714 bits per heavy atom. The first-order chi connectivity index (χ1) is 10.3. The lowest BCUT2D eigenvalue weighted by atomic mass is 10.3. The maximum Gasteiger partial charge on any atom is 0.229 e. The summed E-state index contributed by atoms with van der Waals surface area (Å²) in [6, 6.07) is 0. The van der Waals surface area contributed by atoms with Crippen molar-refractivity contribution in [3.05, 3.63) is 0 Å². The fraction of sp³-hybridized carbons (Fsp3) is 0.786. The lowest BCUT2D eigenvalue weighted by molar-refractivity contribution is 0.814. The van der Waals surface area contributed by atoms with Crippen molar-refractivity contribution in [3.8, 4) is 0 Å². The fourth-order valence-corrected chi connectivity index (χ4v) is 1.80. The molecule has 0 saturated heterocycles. The molecule has 3 N–H and O–H groups in total. The second kappa shape index (κ2) is 11.4. The molecule has 0 aromatic carbocycles. The van der Waals surface area contributed by atoms with E-state index in [1.807, 2.05) is 0 Å². The molecule has 0 atom stereocenters. The van der Waals surface area contributed by atoms with Crippen LogP contribution in [0.2, 0.25) is 0 Å². The molecule has 0 aliphatic heterocycles. The SMILES string of the molecule is CCCCNc1nc(NCCCC)nc(NCCCS)n1. The molecule has 0 radical (unpaired) electrons. The number of hydrogen-bond acceptors (Lipinski definition) is 7. The summed E-state index contributed by atoms with van der Waals surface area (Å²) < 4.78 is 0. The standard InChI is InChI=1S/C14H28N6S/c1-3-5-8-15-12-18-13(16-9-6-4-2)20-14(19-12)17-10-7-11-21/h21H,3-11H2,1-2H3,(H3,15,16,17,18,19,20). The van der Waals surface area contributed by atoms with Gasteiger partial charge in [0, 0.05) is 19.6 Å². The Balaban J connectivity index is 2.65. The van der Waals surface area contributed by atoms with Gasteiger partial charge in [-0.25, -0.2) is 0 Å². The van der Waals surface area contributed by atoms with Gasteiger partial charge in [0.2, 0.25) is 17.8 Å². The van der Waals surface area contributed by atoms with Crippen molar-refractivity contribution < 1.29 is 0 Å². The summed E-state index contributed by atoms with van der Waals surface area (Å²) in [4.78, 5) is 13.2. The van der Waals surface area contributed by atoms with Crippen LogP contribution in [0.5, 0.6) is 0 Å².